The first-order valence-electron chi connectivity index (χ1n) is 3.74. The average Bonchev–Trinajstić information content (AvgIpc) is 2.02. The number of hydrogen-bond donors (Lipinski definition) is 1. The minimum Gasteiger partial charge on any atom is -0.494 e. The third-order valence-corrected chi connectivity index (χ3v) is 2.77. The van der Waals surface area contributed by atoms with Gasteiger partial charge in [0, 0.05) is 6.07 Å². The Hall–Kier alpha value is -1.27. The second-order valence-corrected chi connectivity index (χ2v) is 4.18. The van der Waals surface area contributed by atoms with Crippen molar-refractivity contribution in [3.63, 3.8) is 0 Å². The van der Waals surface area contributed by atoms with Crippen molar-refractivity contribution < 1.29 is 17.7 Å². The van der Waals surface area contributed by atoms with E-state index in [2.05, 4.69) is 0 Å². The maximum absolute atomic E-state index is 10.9. The molecule has 0 amide bonds. The van der Waals surface area contributed by atoms with Gasteiger partial charge in [0.05, 0.1) is 12.8 Å². The summed E-state index contributed by atoms with van der Waals surface area (Å²) in [6.45, 7) is 1.50. The molecule has 0 saturated heterocycles. The van der Waals surface area contributed by atoms with Crippen molar-refractivity contribution >= 4 is 15.8 Å². The molecule has 2 N–H and O–H groups in total. The Morgan fingerprint density at radius 3 is 2.43 bits per heavy atom. The average molecular weight is 216 g/mol. The van der Waals surface area contributed by atoms with Crippen LogP contribution < -0.4 is 10.5 Å². The molecule has 0 aliphatic heterocycles. The molecule has 0 fully saturated rings. The fraction of sp³-hybridized carbons (Fsp3) is 0.250. The molecule has 77 valence electrons. The number of aryl methyl sites for hydroxylation is 1. The highest BCUT2D eigenvalue weighted by molar-refractivity contribution is 7.85. The summed E-state index contributed by atoms with van der Waals surface area (Å²) < 4.78 is 35.4. The Labute approximate surface area is 82.2 Å². The molecule has 1 aromatic rings. The van der Waals surface area contributed by atoms with E-state index in [1.807, 2.05) is 0 Å². The first-order chi connectivity index (χ1) is 6.36. The topological polar surface area (TPSA) is 87.4 Å². The maximum Gasteiger partial charge on any atom is 0.294 e. The standard InChI is InChI=1S/C8H10NO4S/c1-5-3-6(9)7(13-2)4-8(5)14(10,11)12/h3-4,9H,1-2H3,(H,10,11,12). The summed E-state index contributed by atoms with van der Waals surface area (Å²) >= 11 is 0. The molecule has 0 aliphatic rings. The Kier molecular flexibility index (Phi) is 2.68. The summed E-state index contributed by atoms with van der Waals surface area (Å²) in [5.74, 6) is 0.114. The lowest BCUT2D eigenvalue weighted by Gasteiger charge is -2.07. The van der Waals surface area contributed by atoms with Gasteiger partial charge in [0.1, 0.15) is 10.6 Å². The van der Waals surface area contributed by atoms with Gasteiger partial charge in [-0.1, -0.05) is 0 Å². The molecule has 0 unspecified atom stereocenters. The molecule has 5 nitrogen and oxygen atoms in total. The van der Waals surface area contributed by atoms with Gasteiger partial charge in [-0.05, 0) is 18.6 Å². The van der Waals surface area contributed by atoms with Crippen LogP contribution in [-0.2, 0) is 10.1 Å². The highest BCUT2D eigenvalue weighted by Crippen LogP contribution is 2.28. The summed E-state index contributed by atoms with van der Waals surface area (Å²) in [4.78, 5) is -0.231. The number of ether oxygens (including phenoxy) is 1. The van der Waals surface area contributed by atoms with Gasteiger partial charge in [-0.25, -0.2) is 0 Å². The van der Waals surface area contributed by atoms with Crippen LogP contribution in [0.5, 0.6) is 5.75 Å². The van der Waals surface area contributed by atoms with Gasteiger partial charge in [0.15, 0.2) is 0 Å². The molecule has 14 heavy (non-hydrogen) atoms. The molecule has 6 heteroatoms. The van der Waals surface area contributed by atoms with Crippen LogP contribution >= 0.6 is 0 Å². The molecular formula is C8H10NO4S. The third kappa shape index (κ3) is 1.97. The smallest absolute Gasteiger partial charge is 0.294 e. The molecule has 0 saturated carbocycles. The van der Waals surface area contributed by atoms with Gasteiger partial charge < -0.3 is 4.74 Å². The van der Waals surface area contributed by atoms with E-state index in [1.165, 1.54) is 20.1 Å². The Morgan fingerprint density at radius 2 is 2.00 bits per heavy atom. The third-order valence-electron chi connectivity index (χ3n) is 1.77. The first kappa shape index (κ1) is 10.8. The molecule has 0 bridgehead atoms. The minimum atomic E-state index is -4.25. The van der Waals surface area contributed by atoms with Gasteiger partial charge >= 0.3 is 0 Å². The van der Waals surface area contributed by atoms with E-state index in [0.717, 1.165) is 6.07 Å². The lowest BCUT2D eigenvalue weighted by molar-refractivity contribution is 0.413. The Balaban J connectivity index is 3.47. The quantitative estimate of drug-likeness (QED) is 0.751. The van der Waals surface area contributed by atoms with E-state index >= 15 is 0 Å². The number of benzene rings is 1. The first-order valence-corrected chi connectivity index (χ1v) is 5.18. The van der Waals surface area contributed by atoms with E-state index in [9.17, 15) is 8.42 Å². The predicted molar refractivity (Wildman–Crippen MR) is 50.3 cm³/mol. The zero-order chi connectivity index (χ0) is 10.9. The Bertz CT molecular complexity index is 453. The largest absolute Gasteiger partial charge is 0.494 e. The lowest BCUT2D eigenvalue weighted by Crippen LogP contribution is -2.01. The van der Waals surface area contributed by atoms with Crippen molar-refractivity contribution in [1.29, 1.82) is 0 Å². The second kappa shape index (κ2) is 3.47. The molecule has 0 atom stereocenters. The van der Waals surface area contributed by atoms with E-state index in [-0.39, 0.29) is 16.3 Å². The molecular weight excluding hydrogens is 206 g/mol. The van der Waals surface area contributed by atoms with Crippen LogP contribution in [0.15, 0.2) is 17.0 Å². The number of rotatable bonds is 2. The summed E-state index contributed by atoms with van der Waals surface area (Å²) in [6, 6.07) is 2.45. The molecule has 1 rings (SSSR count). The summed E-state index contributed by atoms with van der Waals surface area (Å²) in [5.41, 5.74) is 7.81. The van der Waals surface area contributed by atoms with Crippen LogP contribution in [0.4, 0.5) is 5.69 Å². The van der Waals surface area contributed by atoms with Crippen molar-refractivity contribution in [3.8, 4) is 5.75 Å². The van der Waals surface area contributed by atoms with Gasteiger partial charge in [-0.15, -0.1) is 0 Å². The zero-order valence-electron chi connectivity index (χ0n) is 7.73. The lowest BCUT2D eigenvalue weighted by atomic mass is 10.2. The van der Waals surface area contributed by atoms with E-state index < -0.39 is 10.1 Å². The van der Waals surface area contributed by atoms with Crippen molar-refractivity contribution in [2.45, 2.75) is 11.8 Å². The van der Waals surface area contributed by atoms with Gasteiger partial charge in [-0.3, -0.25) is 10.3 Å². The van der Waals surface area contributed by atoms with Crippen LogP contribution in [0.25, 0.3) is 0 Å². The van der Waals surface area contributed by atoms with E-state index in [1.54, 1.807) is 0 Å². The normalized spacial score (nSPS) is 11.4. The number of hydrogen-bond acceptors (Lipinski definition) is 3. The van der Waals surface area contributed by atoms with Crippen LogP contribution in [0.1, 0.15) is 5.56 Å². The van der Waals surface area contributed by atoms with Crippen molar-refractivity contribution in [1.82, 2.24) is 5.73 Å². The fourth-order valence-corrected chi connectivity index (χ4v) is 1.84. The van der Waals surface area contributed by atoms with Crippen LogP contribution in [-0.4, -0.2) is 20.1 Å². The van der Waals surface area contributed by atoms with Gasteiger partial charge in [0.2, 0.25) is 0 Å². The number of methoxy groups -OCH3 is 1. The molecule has 0 aliphatic carbocycles. The monoisotopic (exact) mass is 216 g/mol. The van der Waals surface area contributed by atoms with E-state index in [0.29, 0.717) is 5.56 Å². The van der Waals surface area contributed by atoms with E-state index in [4.69, 9.17) is 15.0 Å². The minimum absolute atomic E-state index is 0.0809. The molecule has 1 radical (unpaired) electrons. The Morgan fingerprint density at radius 1 is 1.43 bits per heavy atom. The molecule has 0 aromatic heterocycles. The summed E-state index contributed by atoms with van der Waals surface area (Å²) in [5, 5.41) is 0. The van der Waals surface area contributed by atoms with Crippen LogP contribution in [0, 0.1) is 6.92 Å². The molecule has 1 aromatic carbocycles. The fourth-order valence-electron chi connectivity index (χ4n) is 1.12. The number of nitrogens with one attached hydrogen (secondary N) is 1. The summed E-state index contributed by atoms with van der Waals surface area (Å²) in [6.07, 6.45) is 0. The van der Waals surface area contributed by atoms with Crippen molar-refractivity contribution in [2.24, 2.45) is 0 Å². The highest BCUT2D eigenvalue weighted by atomic mass is 32.2. The van der Waals surface area contributed by atoms with Crippen molar-refractivity contribution in [2.75, 3.05) is 7.11 Å². The van der Waals surface area contributed by atoms with Crippen molar-refractivity contribution in [3.05, 3.63) is 17.7 Å². The zero-order valence-corrected chi connectivity index (χ0v) is 8.55. The van der Waals surface area contributed by atoms with Crippen LogP contribution in [0.2, 0.25) is 0 Å². The molecule has 0 heterocycles. The van der Waals surface area contributed by atoms with Gasteiger partial charge in [0.25, 0.3) is 10.1 Å². The summed E-state index contributed by atoms with van der Waals surface area (Å²) in [7, 11) is -2.92. The van der Waals surface area contributed by atoms with Gasteiger partial charge in [-0.2, -0.15) is 8.42 Å². The maximum atomic E-state index is 10.9. The van der Waals surface area contributed by atoms with Crippen LogP contribution in [0.3, 0.4) is 0 Å². The molecule has 0 spiro atoms. The SMILES string of the molecule is COc1cc(S(=O)(=O)O)c(C)cc1[NH]. The highest BCUT2D eigenvalue weighted by Gasteiger charge is 2.16. The second-order valence-electron chi connectivity index (χ2n) is 2.79. The predicted octanol–water partition coefficient (Wildman–Crippen LogP) is 1.16.